The van der Waals surface area contributed by atoms with Crippen molar-refractivity contribution in [3.8, 4) is 0 Å². The van der Waals surface area contributed by atoms with E-state index in [1.807, 2.05) is 20.8 Å². The summed E-state index contributed by atoms with van der Waals surface area (Å²) in [5, 5.41) is 9.22. The van der Waals surface area contributed by atoms with E-state index in [9.17, 15) is 14.5 Å². The summed E-state index contributed by atoms with van der Waals surface area (Å²) in [5.74, 6) is -1.07. The predicted molar refractivity (Wildman–Crippen MR) is 68.4 cm³/mol. The van der Waals surface area contributed by atoms with Gasteiger partial charge in [-0.15, -0.1) is 0 Å². The standard InChI is InChI=1S/C12H17NO3S/c1-9-7-5-6-8-13(10(9)11(14)15)17(16)12(2,3)4/h5-8H,1-4H3,(H,14,15). The quantitative estimate of drug-likeness (QED) is 0.768. The van der Waals surface area contributed by atoms with Crippen LogP contribution in [0.1, 0.15) is 27.7 Å². The minimum absolute atomic E-state index is 0.0586. The zero-order valence-corrected chi connectivity index (χ0v) is 11.2. The lowest BCUT2D eigenvalue weighted by Crippen LogP contribution is -2.41. The van der Waals surface area contributed by atoms with Crippen molar-refractivity contribution in [2.24, 2.45) is 0 Å². The lowest BCUT2D eigenvalue weighted by Gasteiger charge is -2.31. The molecule has 4 nitrogen and oxygen atoms in total. The van der Waals surface area contributed by atoms with Crippen LogP contribution in [0.15, 0.2) is 35.7 Å². The van der Waals surface area contributed by atoms with Crippen LogP contribution in [0.5, 0.6) is 0 Å². The molecule has 0 saturated carbocycles. The fourth-order valence-electron chi connectivity index (χ4n) is 1.35. The molecule has 94 valence electrons. The van der Waals surface area contributed by atoms with E-state index in [1.165, 1.54) is 10.5 Å². The van der Waals surface area contributed by atoms with Gasteiger partial charge in [0, 0.05) is 0 Å². The van der Waals surface area contributed by atoms with E-state index >= 15 is 0 Å². The van der Waals surface area contributed by atoms with Gasteiger partial charge in [-0.25, -0.2) is 4.79 Å². The summed E-state index contributed by atoms with van der Waals surface area (Å²) in [5.41, 5.74) is 0.642. The maximum Gasteiger partial charge on any atom is 0.357 e. The Morgan fingerprint density at radius 1 is 1.41 bits per heavy atom. The Balaban J connectivity index is 3.21. The van der Waals surface area contributed by atoms with E-state index in [1.54, 1.807) is 25.2 Å². The third-order valence-corrected chi connectivity index (χ3v) is 3.89. The summed E-state index contributed by atoms with van der Waals surface area (Å²) in [7, 11) is 0. The van der Waals surface area contributed by atoms with Gasteiger partial charge in [0.1, 0.15) is 4.75 Å². The number of hydrogen-bond donors (Lipinski definition) is 1. The smallest absolute Gasteiger partial charge is 0.357 e. The molecule has 0 aromatic heterocycles. The van der Waals surface area contributed by atoms with Gasteiger partial charge < -0.3 is 9.66 Å². The van der Waals surface area contributed by atoms with E-state index < -0.39 is 22.1 Å². The molecular formula is C12H17NO3S. The molecule has 1 unspecified atom stereocenters. The summed E-state index contributed by atoms with van der Waals surface area (Å²) in [6.45, 7) is 7.12. The zero-order valence-electron chi connectivity index (χ0n) is 10.4. The first kappa shape index (κ1) is 13.9. The van der Waals surface area contributed by atoms with Crippen LogP contribution in [0.25, 0.3) is 0 Å². The highest BCUT2D eigenvalue weighted by atomic mass is 32.2. The third kappa shape index (κ3) is 3.14. The van der Waals surface area contributed by atoms with E-state index in [2.05, 4.69) is 0 Å². The van der Waals surface area contributed by atoms with Crippen molar-refractivity contribution in [2.75, 3.05) is 0 Å². The van der Waals surface area contributed by atoms with Crippen LogP contribution < -0.4 is 0 Å². The Morgan fingerprint density at radius 3 is 2.47 bits per heavy atom. The molecule has 1 atom stereocenters. The first-order valence-corrected chi connectivity index (χ1v) is 6.36. The number of allylic oxidation sites excluding steroid dienone is 4. The Hall–Kier alpha value is -1.20. The summed E-state index contributed by atoms with van der Waals surface area (Å²) in [6, 6.07) is 0. The molecule has 0 fully saturated rings. The number of carboxylic acid groups (broad SMARTS) is 1. The molecule has 0 amide bonds. The summed E-state index contributed by atoms with van der Waals surface area (Å²) in [6.07, 6.45) is 6.65. The van der Waals surface area contributed by atoms with Crippen molar-refractivity contribution in [3.05, 3.63) is 35.7 Å². The van der Waals surface area contributed by atoms with Gasteiger partial charge in [0.25, 0.3) is 0 Å². The molecule has 0 aromatic carbocycles. The molecule has 0 saturated heterocycles. The van der Waals surface area contributed by atoms with Gasteiger partial charge in [-0.3, -0.25) is 0 Å². The minimum Gasteiger partial charge on any atom is -0.592 e. The largest absolute Gasteiger partial charge is 0.592 e. The van der Waals surface area contributed by atoms with Crippen LogP contribution in [-0.2, 0) is 16.2 Å². The average Bonchev–Trinajstić information content (AvgIpc) is 2.37. The van der Waals surface area contributed by atoms with Crippen molar-refractivity contribution in [2.45, 2.75) is 32.4 Å². The summed E-state index contributed by atoms with van der Waals surface area (Å²) >= 11 is -1.44. The maximum absolute atomic E-state index is 12.3. The minimum atomic E-state index is -1.44. The van der Waals surface area contributed by atoms with E-state index in [0.29, 0.717) is 5.57 Å². The second kappa shape index (κ2) is 4.98. The molecule has 0 aromatic rings. The number of carbonyl (C=O) groups is 1. The van der Waals surface area contributed by atoms with Crippen molar-refractivity contribution < 1.29 is 14.5 Å². The molecule has 0 aliphatic carbocycles. The average molecular weight is 255 g/mol. The monoisotopic (exact) mass is 255 g/mol. The highest BCUT2D eigenvalue weighted by Gasteiger charge is 2.36. The van der Waals surface area contributed by atoms with Crippen LogP contribution >= 0.6 is 0 Å². The van der Waals surface area contributed by atoms with Crippen molar-refractivity contribution >= 4 is 17.3 Å². The number of carboxylic acids is 1. The van der Waals surface area contributed by atoms with Crippen molar-refractivity contribution in [3.63, 3.8) is 0 Å². The molecule has 1 aliphatic heterocycles. The number of nitrogens with zero attached hydrogens (tertiary/aromatic N) is 1. The topological polar surface area (TPSA) is 63.6 Å². The van der Waals surface area contributed by atoms with Gasteiger partial charge in [0.2, 0.25) is 0 Å². The van der Waals surface area contributed by atoms with Crippen molar-refractivity contribution in [1.82, 2.24) is 4.31 Å². The van der Waals surface area contributed by atoms with Gasteiger partial charge in [-0.05, 0) is 39.3 Å². The number of aliphatic carboxylic acids is 1. The molecule has 0 radical (unpaired) electrons. The maximum atomic E-state index is 12.3. The molecule has 17 heavy (non-hydrogen) atoms. The molecule has 1 heterocycles. The van der Waals surface area contributed by atoms with Crippen LogP contribution in [0, 0.1) is 0 Å². The Morgan fingerprint density at radius 2 is 2.00 bits per heavy atom. The lowest BCUT2D eigenvalue weighted by molar-refractivity contribution is -0.133. The zero-order chi connectivity index (χ0) is 13.2. The molecule has 1 rings (SSSR count). The number of rotatable bonds is 2. The van der Waals surface area contributed by atoms with E-state index in [0.717, 1.165) is 0 Å². The van der Waals surface area contributed by atoms with Crippen LogP contribution in [0.3, 0.4) is 0 Å². The Kier molecular flexibility index (Phi) is 4.06. The van der Waals surface area contributed by atoms with Gasteiger partial charge in [0.05, 0.1) is 17.6 Å². The SMILES string of the molecule is CC1=C(C(=O)O)N([S+]([O-])C(C)(C)C)C=CC=C1. The van der Waals surface area contributed by atoms with Crippen molar-refractivity contribution in [1.29, 1.82) is 0 Å². The number of hydrogen-bond acceptors (Lipinski definition) is 3. The first-order valence-electron chi connectivity index (χ1n) is 5.25. The molecule has 0 spiro atoms. The fraction of sp³-hybridized carbons (Fsp3) is 0.417. The molecule has 1 N–H and O–H groups in total. The van der Waals surface area contributed by atoms with Crippen LogP contribution in [0.2, 0.25) is 0 Å². The Labute approximate surface area is 105 Å². The second-order valence-corrected chi connectivity index (χ2v) is 6.84. The van der Waals surface area contributed by atoms with Crippen LogP contribution in [0.4, 0.5) is 0 Å². The van der Waals surface area contributed by atoms with Gasteiger partial charge in [0.15, 0.2) is 5.70 Å². The van der Waals surface area contributed by atoms with Crippen LogP contribution in [-0.4, -0.2) is 24.7 Å². The summed E-state index contributed by atoms with van der Waals surface area (Å²) < 4.78 is 13.1. The van der Waals surface area contributed by atoms with Gasteiger partial charge in [-0.2, -0.15) is 4.31 Å². The highest BCUT2D eigenvalue weighted by molar-refractivity contribution is 7.90. The van der Waals surface area contributed by atoms with Gasteiger partial charge >= 0.3 is 5.97 Å². The molecule has 1 aliphatic rings. The highest BCUT2D eigenvalue weighted by Crippen LogP contribution is 2.27. The second-order valence-electron chi connectivity index (χ2n) is 4.72. The third-order valence-electron chi connectivity index (χ3n) is 2.18. The molecular weight excluding hydrogens is 238 g/mol. The first-order chi connectivity index (χ1) is 7.75. The molecule has 0 bridgehead atoms. The summed E-state index contributed by atoms with van der Waals surface area (Å²) in [4.78, 5) is 11.3. The Bertz CT molecular complexity index is 404. The lowest BCUT2D eigenvalue weighted by atomic mass is 10.2. The normalized spacial score (nSPS) is 18.3. The van der Waals surface area contributed by atoms with E-state index in [-0.39, 0.29) is 5.70 Å². The van der Waals surface area contributed by atoms with Gasteiger partial charge in [-0.1, -0.05) is 12.2 Å². The fourth-order valence-corrected chi connectivity index (χ4v) is 2.51. The van der Waals surface area contributed by atoms with E-state index in [4.69, 9.17) is 0 Å². The molecule has 5 heteroatoms. The predicted octanol–water partition coefficient (Wildman–Crippen LogP) is 2.19.